The SMILES string of the molecule is O=C=Nc1ccc(C(=O)OCC(=O)NCCCCCCNC(=O)COC(=O)c2ccc(N=C=O)cc2)cc1. The summed E-state index contributed by atoms with van der Waals surface area (Å²) in [5.74, 6) is -2.18. The number of carbonyl (C=O) groups excluding carboxylic acids is 6. The molecule has 2 amide bonds. The Kier molecular flexibility index (Phi) is 12.9. The van der Waals surface area contributed by atoms with E-state index >= 15 is 0 Å². The van der Waals surface area contributed by atoms with Crippen LogP contribution in [-0.2, 0) is 28.7 Å². The fourth-order valence-corrected chi connectivity index (χ4v) is 3.04. The van der Waals surface area contributed by atoms with Crippen LogP contribution < -0.4 is 10.6 Å². The Morgan fingerprint density at radius 1 is 0.605 bits per heavy atom. The van der Waals surface area contributed by atoms with Crippen molar-refractivity contribution in [1.82, 2.24) is 10.6 Å². The predicted octanol–water partition coefficient (Wildman–Crippen LogP) is 2.43. The van der Waals surface area contributed by atoms with Gasteiger partial charge >= 0.3 is 11.9 Å². The number of aliphatic imine (C=N–C) groups is 2. The van der Waals surface area contributed by atoms with E-state index in [2.05, 4.69) is 20.6 Å². The van der Waals surface area contributed by atoms with Crippen molar-refractivity contribution >= 4 is 47.3 Å². The van der Waals surface area contributed by atoms with Crippen LogP contribution in [0.1, 0.15) is 46.4 Å². The monoisotopic (exact) mass is 522 g/mol. The minimum absolute atomic E-state index is 0.227. The molecule has 0 radical (unpaired) electrons. The van der Waals surface area contributed by atoms with Gasteiger partial charge in [-0.05, 0) is 61.4 Å². The highest BCUT2D eigenvalue weighted by atomic mass is 16.5. The molecule has 0 aromatic heterocycles. The van der Waals surface area contributed by atoms with Gasteiger partial charge in [0.15, 0.2) is 13.2 Å². The molecule has 0 unspecified atom stereocenters. The molecule has 0 spiro atoms. The van der Waals surface area contributed by atoms with Gasteiger partial charge in [-0.3, -0.25) is 9.59 Å². The molecule has 2 N–H and O–H groups in total. The summed E-state index contributed by atoms with van der Waals surface area (Å²) in [6.07, 6.45) is 5.83. The second-order valence-corrected chi connectivity index (χ2v) is 7.77. The zero-order valence-corrected chi connectivity index (χ0v) is 20.4. The van der Waals surface area contributed by atoms with E-state index in [0.717, 1.165) is 12.8 Å². The number of nitrogens with zero attached hydrogens (tertiary/aromatic N) is 2. The van der Waals surface area contributed by atoms with Crippen LogP contribution in [0, 0.1) is 0 Å². The summed E-state index contributed by atoms with van der Waals surface area (Å²) in [5, 5.41) is 5.32. The highest BCUT2D eigenvalue weighted by molar-refractivity contribution is 5.92. The highest BCUT2D eigenvalue weighted by Crippen LogP contribution is 2.13. The van der Waals surface area contributed by atoms with Gasteiger partial charge in [-0.25, -0.2) is 19.2 Å². The lowest BCUT2D eigenvalue weighted by Crippen LogP contribution is -2.30. The molecule has 0 saturated heterocycles. The van der Waals surface area contributed by atoms with E-state index in [4.69, 9.17) is 9.47 Å². The van der Waals surface area contributed by atoms with Crippen molar-refractivity contribution in [2.24, 2.45) is 9.98 Å². The number of esters is 2. The van der Waals surface area contributed by atoms with Gasteiger partial charge in [-0.2, -0.15) is 9.98 Å². The van der Waals surface area contributed by atoms with E-state index in [0.29, 0.717) is 37.3 Å². The molecule has 0 atom stereocenters. The lowest BCUT2D eigenvalue weighted by molar-refractivity contribution is -0.124. The predicted molar refractivity (Wildman–Crippen MR) is 133 cm³/mol. The van der Waals surface area contributed by atoms with Crippen molar-refractivity contribution in [3.05, 3.63) is 59.7 Å². The second kappa shape index (κ2) is 16.7. The molecule has 0 aliphatic carbocycles. The van der Waals surface area contributed by atoms with Crippen molar-refractivity contribution in [2.45, 2.75) is 25.7 Å². The maximum Gasteiger partial charge on any atom is 0.338 e. The molecule has 198 valence electrons. The van der Waals surface area contributed by atoms with Gasteiger partial charge in [0.2, 0.25) is 12.2 Å². The third kappa shape index (κ3) is 11.2. The normalized spacial score (nSPS) is 9.79. The maximum atomic E-state index is 11.9. The summed E-state index contributed by atoms with van der Waals surface area (Å²) in [7, 11) is 0. The standard InChI is InChI=1S/C26H26N4O8/c31-17-29-21-9-5-19(6-10-21)25(35)37-15-23(33)27-13-3-1-2-4-14-28-24(34)16-38-26(36)20-7-11-22(12-8-20)30-18-32/h5-12H,1-4,13-16H2,(H,27,33)(H,28,34). The number of benzene rings is 2. The molecule has 0 saturated carbocycles. The van der Waals surface area contributed by atoms with Gasteiger partial charge in [0, 0.05) is 13.1 Å². The zero-order chi connectivity index (χ0) is 27.6. The Bertz CT molecular complexity index is 1100. The van der Waals surface area contributed by atoms with E-state index in [1.807, 2.05) is 0 Å². The number of carbonyl (C=O) groups is 4. The van der Waals surface area contributed by atoms with Crippen LogP contribution in [0.3, 0.4) is 0 Å². The zero-order valence-electron chi connectivity index (χ0n) is 20.4. The van der Waals surface area contributed by atoms with Gasteiger partial charge < -0.3 is 20.1 Å². The van der Waals surface area contributed by atoms with E-state index in [9.17, 15) is 28.8 Å². The van der Waals surface area contributed by atoms with Crippen molar-refractivity contribution in [1.29, 1.82) is 0 Å². The number of unbranched alkanes of at least 4 members (excludes halogenated alkanes) is 3. The Labute approximate surface area is 218 Å². The summed E-state index contributed by atoms with van der Waals surface area (Å²) < 4.78 is 9.90. The van der Waals surface area contributed by atoms with E-state index in [1.54, 1.807) is 0 Å². The van der Waals surface area contributed by atoms with Crippen LogP contribution in [0.5, 0.6) is 0 Å². The van der Waals surface area contributed by atoms with E-state index in [-0.39, 0.29) is 11.1 Å². The van der Waals surface area contributed by atoms with Gasteiger partial charge in [0.1, 0.15) is 0 Å². The largest absolute Gasteiger partial charge is 0.452 e. The summed E-state index contributed by atoms with van der Waals surface area (Å²) in [6, 6.07) is 11.5. The van der Waals surface area contributed by atoms with Crippen LogP contribution in [0.2, 0.25) is 0 Å². The lowest BCUT2D eigenvalue weighted by Gasteiger charge is -2.08. The van der Waals surface area contributed by atoms with Gasteiger partial charge in [0.25, 0.3) is 11.8 Å². The van der Waals surface area contributed by atoms with Crippen molar-refractivity contribution in [2.75, 3.05) is 26.3 Å². The minimum Gasteiger partial charge on any atom is -0.452 e. The number of hydrogen-bond donors (Lipinski definition) is 2. The summed E-state index contributed by atoms with van der Waals surface area (Å²) in [4.78, 5) is 74.8. The molecule has 0 aliphatic heterocycles. The molecule has 0 heterocycles. The number of ether oxygens (including phenoxy) is 2. The summed E-state index contributed by atoms with van der Waals surface area (Å²) in [5.41, 5.74) is 1.16. The number of amides is 2. The third-order valence-electron chi connectivity index (χ3n) is 4.97. The molecule has 2 aromatic carbocycles. The van der Waals surface area contributed by atoms with Crippen LogP contribution >= 0.6 is 0 Å². The highest BCUT2D eigenvalue weighted by Gasteiger charge is 2.11. The van der Waals surface area contributed by atoms with Crippen LogP contribution in [0.25, 0.3) is 0 Å². The average Bonchev–Trinajstić information content (AvgIpc) is 2.93. The Balaban J connectivity index is 1.48. The smallest absolute Gasteiger partial charge is 0.338 e. The first-order valence-electron chi connectivity index (χ1n) is 11.7. The fraction of sp³-hybridized carbons (Fsp3) is 0.308. The molecule has 2 aromatic rings. The number of isocyanates is 2. The molecule has 38 heavy (non-hydrogen) atoms. The van der Waals surface area contributed by atoms with E-state index in [1.165, 1.54) is 60.7 Å². The van der Waals surface area contributed by atoms with E-state index < -0.39 is 37.0 Å². The van der Waals surface area contributed by atoms with Gasteiger partial charge in [-0.1, -0.05) is 12.8 Å². The lowest BCUT2D eigenvalue weighted by atomic mass is 10.2. The summed E-state index contributed by atoms with van der Waals surface area (Å²) in [6.45, 7) is 0.00650. The van der Waals surface area contributed by atoms with Crippen LogP contribution in [0.4, 0.5) is 11.4 Å². The van der Waals surface area contributed by atoms with Crippen molar-refractivity contribution in [3.8, 4) is 0 Å². The molecule has 12 nitrogen and oxygen atoms in total. The average molecular weight is 523 g/mol. The van der Waals surface area contributed by atoms with Gasteiger partial charge in [-0.15, -0.1) is 0 Å². The first-order chi connectivity index (χ1) is 18.4. The Morgan fingerprint density at radius 2 is 0.974 bits per heavy atom. The Hall–Kier alpha value is -4.92. The third-order valence-corrected chi connectivity index (χ3v) is 4.97. The molecular weight excluding hydrogens is 496 g/mol. The molecule has 2 rings (SSSR count). The molecule has 0 bridgehead atoms. The first-order valence-corrected chi connectivity index (χ1v) is 11.7. The van der Waals surface area contributed by atoms with Crippen molar-refractivity contribution < 1.29 is 38.2 Å². The van der Waals surface area contributed by atoms with Crippen molar-refractivity contribution in [3.63, 3.8) is 0 Å². The first kappa shape index (κ1) is 29.3. The van der Waals surface area contributed by atoms with Crippen LogP contribution in [-0.4, -0.2) is 62.2 Å². The number of rotatable bonds is 15. The molecule has 0 fully saturated rings. The fourth-order valence-electron chi connectivity index (χ4n) is 3.04. The Morgan fingerprint density at radius 3 is 1.32 bits per heavy atom. The molecular formula is C26H26N4O8. The molecule has 0 aliphatic rings. The molecule has 12 heteroatoms. The number of nitrogens with one attached hydrogen (secondary N) is 2. The quantitative estimate of drug-likeness (QED) is 0.155. The summed E-state index contributed by atoms with van der Waals surface area (Å²) >= 11 is 0. The maximum absolute atomic E-state index is 11.9. The number of hydrogen-bond acceptors (Lipinski definition) is 10. The second-order valence-electron chi connectivity index (χ2n) is 7.77. The minimum atomic E-state index is -0.668. The van der Waals surface area contributed by atoms with Gasteiger partial charge in [0.05, 0.1) is 22.5 Å². The topological polar surface area (TPSA) is 170 Å². The van der Waals surface area contributed by atoms with Crippen LogP contribution in [0.15, 0.2) is 58.5 Å².